The van der Waals surface area contributed by atoms with Crippen molar-refractivity contribution in [2.75, 3.05) is 48.5 Å². The van der Waals surface area contributed by atoms with Crippen molar-refractivity contribution in [3.8, 4) is 0 Å². The third kappa shape index (κ3) is 3.44. The fourth-order valence-corrected chi connectivity index (χ4v) is 2.00. The molecule has 0 aliphatic rings. The Kier molecular flexibility index (Phi) is 5.51. The predicted molar refractivity (Wildman–Crippen MR) is 91.8 cm³/mol. The first-order chi connectivity index (χ1) is 10.7. The molecule has 0 bridgehead atoms. The van der Waals surface area contributed by atoms with E-state index in [1.165, 1.54) is 0 Å². The first-order valence-corrected chi connectivity index (χ1v) is 7.66. The van der Waals surface area contributed by atoms with Crippen LogP contribution in [0.25, 0.3) is 11.0 Å². The van der Waals surface area contributed by atoms with Gasteiger partial charge in [0.05, 0.1) is 0 Å². The number of nitrogens with one attached hydrogen (secondary N) is 4. The molecule has 0 radical (unpaired) electrons. The van der Waals surface area contributed by atoms with Crippen molar-refractivity contribution in [2.45, 2.75) is 26.7 Å². The molecule has 0 spiro atoms. The first-order valence-electron chi connectivity index (χ1n) is 7.66. The highest BCUT2D eigenvalue weighted by atomic mass is 15.2. The molecule has 0 unspecified atom stereocenters. The van der Waals surface area contributed by atoms with E-state index in [4.69, 9.17) is 0 Å². The fraction of sp³-hybridized carbons (Fsp3) is 0.571. The molecule has 0 aromatic carbocycles. The van der Waals surface area contributed by atoms with Crippen molar-refractivity contribution in [3.05, 3.63) is 0 Å². The Morgan fingerprint density at radius 2 is 1.09 bits per heavy atom. The van der Waals surface area contributed by atoms with Gasteiger partial charge < -0.3 is 21.3 Å². The second kappa shape index (κ2) is 7.58. The van der Waals surface area contributed by atoms with Gasteiger partial charge in [0.2, 0.25) is 11.9 Å². The minimum absolute atomic E-state index is 0.577. The maximum atomic E-state index is 4.54. The van der Waals surface area contributed by atoms with Crippen LogP contribution in [-0.2, 0) is 0 Å². The second-order valence-corrected chi connectivity index (χ2v) is 4.84. The second-order valence-electron chi connectivity index (χ2n) is 4.84. The summed E-state index contributed by atoms with van der Waals surface area (Å²) in [5.74, 6) is 2.52. The summed E-state index contributed by atoms with van der Waals surface area (Å²) >= 11 is 0. The van der Waals surface area contributed by atoms with Crippen LogP contribution < -0.4 is 21.3 Å². The smallest absolute Gasteiger partial charge is 0.225 e. The van der Waals surface area contributed by atoms with E-state index in [1.54, 1.807) is 0 Å². The molecule has 2 aromatic heterocycles. The predicted octanol–water partition coefficient (Wildman–Crippen LogP) is 2.15. The van der Waals surface area contributed by atoms with Crippen LogP contribution in [0, 0.1) is 0 Å². The van der Waals surface area contributed by atoms with Crippen molar-refractivity contribution in [2.24, 2.45) is 0 Å². The van der Waals surface area contributed by atoms with Gasteiger partial charge >= 0.3 is 0 Å². The zero-order valence-corrected chi connectivity index (χ0v) is 13.6. The highest BCUT2D eigenvalue weighted by Crippen LogP contribution is 2.26. The summed E-state index contributed by atoms with van der Waals surface area (Å²) < 4.78 is 0. The molecule has 0 aliphatic carbocycles. The van der Waals surface area contributed by atoms with Crippen LogP contribution in [-0.4, -0.2) is 47.1 Å². The maximum absolute atomic E-state index is 4.54. The van der Waals surface area contributed by atoms with Crippen LogP contribution in [0.2, 0.25) is 0 Å². The molecule has 8 nitrogen and oxygen atoms in total. The Balaban J connectivity index is 2.53. The summed E-state index contributed by atoms with van der Waals surface area (Å²) in [5.41, 5.74) is 1.39. The third-order valence-corrected chi connectivity index (χ3v) is 3.08. The van der Waals surface area contributed by atoms with Crippen LogP contribution in [0.3, 0.4) is 0 Å². The number of hydrogen-bond donors (Lipinski definition) is 4. The molecule has 22 heavy (non-hydrogen) atoms. The molecule has 2 aromatic rings. The van der Waals surface area contributed by atoms with Gasteiger partial charge in [-0.05, 0) is 12.8 Å². The first kappa shape index (κ1) is 16.0. The van der Waals surface area contributed by atoms with Crippen molar-refractivity contribution in [1.29, 1.82) is 0 Å². The number of fused-ring (bicyclic) bond motifs is 1. The fourth-order valence-electron chi connectivity index (χ4n) is 2.00. The highest BCUT2D eigenvalue weighted by molar-refractivity contribution is 5.94. The van der Waals surface area contributed by atoms with Gasteiger partial charge in [-0.25, -0.2) is 9.97 Å². The van der Waals surface area contributed by atoms with Gasteiger partial charge in [-0.15, -0.1) is 0 Å². The largest absolute Gasteiger partial charge is 0.371 e. The molecule has 0 fully saturated rings. The lowest BCUT2D eigenvalue weighted by molar-refractivity contribution is 0.949. The minimum atomic E-state index is 0.577. The van der Waals surface area contributed by atoms with Gasteiger partial charge in [-0.1, -0.05) is 13.8 Å². The van der Waals surface area contributed by atoms with Gasteiger partial charge in [-0.3, -0.25) is 0 Å². The normalized spacial score (nSPS) is 10.5. The number of rotatable bonds is 8. The quantitative estimate of drug-likeness (QED) is 0.589. The number of anilines is 4. The Morgan fingerprint density at radius 3 is 1.41 bits per heavy atom. The molecule has 2 heterocycles. The molecule has 4 N–H and O–H groups in total. The molecular weight excluding hydrogens is 280 g/mol. The van der Waals surface area contributed by atoms with Crippen molar-refractivity contribution in [1.82, 2.24) is 19.9 Å². The monoisotopic (exact) mass is 304 g/mol. The molecule has 0 aliphatic heterocycles. The summed E-state index contributed by atoms with van der Waals surface area (Å²) in [6.45, 7) is 5.84. The number of aromatic nitrogens is 4. The lowest BCUT2D eigenvalue weighted by Gasteiger charge is -2.13. The van der Waals surface area contributed by atoms with Gasteiger partial charge in [0.25, 0.3) is 0 Å². The van der Waals surface area contributed by atoms with Crippen LogP contribution >= 0.6 is 0 Å². The van der Waals surface area contributed by atoms with Gasteiger partial charge in [-0.2, -0.15) is 9.97 Å². The Hall–Kier alpha value is -2.38. The average Bonchev–Trinajstić information content (AvgIpc) is 2.56. The van der Waals surface area contributed by atoms with Gasteiger partial charge in [0, 0.05) is 27.2 Å². The lowest BCUT2D eigenvalue weighted by atomic mass is 10.3. The van der Waals surface area contributed by atoms with Crippen LogP contribution in [0.1, 0.15) is 26.7 Å². The minimum Gasteiger partial charge on any atom is -0.371 e. The molecule has 0 atom stereocenters. The van der Waals surface area contributed by atoms with Crippen molar-refractivity contribution < 1.29 is 0 Å². The summed E-state index contributed by atoms with van der Waals surface area (Å²) in [6, 6.07) is 0. The molecule has 2 rings (SSSR count). The highest BCUT2D eigenvalue weighted by Gasteiger charge is 2.14. The third-order valence-electron chi connectivity index (χ3n) is 3.08. The van der Waals surface area contributed by atoms with Crippen molar-refractivity contribution in [3.63, 3.8) is 0 Å². The van der Waals surface area contributed by atoms with E-state index < -0.39 is 0 Å². The van der Waals surface area contributed by atoms with Crippen molar-refractivity contribution >= 4 is 34.6 Å². The van der Waals surface area contributed by atoms with E-state index in [0.717, 1.165) is 25.9 Å². The summed E-state index contributed by atoms with van der Waals surface area (Å²) in [4.78, 5) is 18.0. The van der Waals surface area contributed by atoms with E-state index in [0.29, 0.717) is 34.6 Å². The lowest BCUT2D eigenvalue weighted by Crippen LogP contribution is -2.11. The van der Waals surface area contributed by atoms with E-state index in [9.17, 15) is 0 Å². The average molecular weight is 304 g/mol. The zero-order valence-electron chi connectivity index (χ0n) is 13.6. The van der Waals surface area contributed by atoms with Crippen LogP contribution in [0.4, 0.5) is 23.5 Å². The number of hydrogen-bond acceptors (Lipinski definition) is 8. The standard InChI is InChI=1S/C14H24N8/c1-5-7-17-13-19-9-10(11(15-3)21-13)20-14(18-8-6-2)22-12(9)16-4/h5-8H2,1-4H3,(H2,15,17,19,21)(H2,16,18,20,22). The van der Waals surface area contributed by atoms with E-state index in [-0.39, 0.29) is 0 Å². The maximum Gasteiger partial charge on any atom is 0.225 e. The zero-order chi connectivity index (χ0) is 15.9. The molecule has 8 heteroatoms. The topological polar surface area (TPSA) is 99.7 Å². The Bertz CT molecular complexity index is 573. The Labute approximate surface area is 130 Å². The van der Waals surface area contributed by atoms with Crippen LogP contribution in [0.5, 0.6) is 0 Å². The van der Waals surface area contributed by atoms with E-state index in [2.05, 4.69) is 55.1 Å². The summed E-state index contributed by atoms with van der Waals surface area (Å²) in [5, 5.41) is 12.6. The van der Waals surface area contributed by atoms with E-state index in [1.807, 2.05) is 14.1 Å². The summed E-state index contributed by atoms with van der Waals surface area (Å²) in [7, 11) is 3.65. The molecular formula is C14H24N8. The van der Waals surface area contributed by atoms with Crippen LogP contribution in [0.15, 0.2) is 0 Å². The van der Waals surface area contributed by atoms with Gasteiger partial charge in [0.1, 0.15) is 11.0 Å². The Morgan fingerprint density at radius 1 is 0.682 bits per heavy atom. The number of nitrogens with zero attached hydrogens (tertiary/aromatic N) is 4. The molecule has 0 saturated carbocycles. The SMILES string of the molecule is CCCNc1nc(NC)c2nc(NCCC)nc(NC)c2n1. The molecule has 0 saturated heterocycles. The summed E-state index contributed by atoms with van der Waals surface area (Å²) in [6.07, 6.45) is 2.01. The van der Waals surface area contributed by atoms with Gasteiger partial charge in [0.15, 0.2) is 11.6 Å². The molecule has 120 valence electrons. The van der Waals surface area contributed by atoms with E-state index >= 15 is 0 Å². The molecule has 0 amide bonds.